The highest BCUT2D eigenvalue weighted by Gasteiger charge is 2.26. The van der Waals surface area contributed by atoms with E-state index >= 15 is 0 Å². The van der Waals surface area contributed by atoms with Crippen molar-refractivity contribution in [2.45, 2.75) is 53.0 Å². The number of rotatable bonds is 1. The normalized spacial score (nSPS) is 19.8. The highest BCUT2D eigenvalue weighted by molar-refractivity contribution is 5.15. The zero-order valence-electron chi connectivity index (χ0n) is 9.67. The van der Waals surface area contributed by atoms with E-state index in [1.54, 1.807) is 0 Å². The van der Waals surface area contributed by atoms with E-state index in [2.05, 4.69) is 43.5 Å². The average Bonchev–Trinajstić information content (AvgIpc) is 2.45. The zero-order valence-corrected chi connectivity index (χ0v) is 9.67. The Morgan fingerprint density at radius 1 is 1.43 bits per heavy atom. The van der Waals surface area contributed by atoms with E-state index in [4.69, 9.17) is 0 Å². The van der Waals surface area contributed by atoms with Crippen LogP contribution in [0.1, 0.15) is 51.4 Å². The standard InChI is InChI=1S/C12H20N2/c1-9(2)11-7-10-5-6-12(3,4)8-14(10)13-11/h7,9H,5-6,8H2,1-4H3. The van der Waals surface area contributed by atoms with Crippen LogP contribution in [0.15, 0.2) is 6.07 Å². The van der Waals surface area contributed by atoms with E-state index in [1.807, 2.05) is 0 Å². The summed E-state index contributed by atoms with van der Waals surface area (Å²) in [6.45, 7) is 10.1. The first-order chi connectivity index (χ1) is 6.48. The van der Waals surface area contributed by atoms with Gasteiger partial charge < -0.3 is 0 Å². The van der Waals surface area contributed by atoms with Gasteiger partial charge in [0.15, 0.2) is 0 Å². The van der Waals surface area contributed by atoms with E-state index in [0.29, 0.717) is 11.3 Å². The van der Waals surface area contributed by atoms with E-state index in [0.717, 1.165) is 6.54 Å². The van der Waals surface area contributed by atoms with Gasteiger partial charge in [0.05, 0.1) is 5.69 Å². The molecule has 1 aromatic heterocycles. The lowest BCUT2D eigenvalue weighted by Crippen LogP contribution is -2.27. The molecule has 2 nitrogen and oxygen atoms in total. The molecule has 2 rings (SSSR count). The van der Waals surface area contributed by atoms with Crippen molar-refractivity contribution in [3.05, 3.63) is 17.5 Å². The molecule has 0 aliphatic carbocycles. The summed E-state index contributed by atoms with van der Waals surface area (Å²) >= 11 is 0. The quantitative estimate of drug-likeness (QED) is 0.669. The van der Waals surface area contributed by atoms with Gasteiger partial charge in [-0.25, -0.2) is 0 Å². The molecule has 0 spiro atoms. The van der Waals surface area contributed by atoms with Gasteiger partial charge in [-0.1, -0.05) is 27.7 Å². The molecule has 0 atom stereocenters. The highest BCUT2D eigenvalue weighted by atomic mass is 15.3. The summed E-state index contributed by atoms with van der Waals surface area (Å²) in [5.74, 6) is 0.552. The molecule has 0 saturated heterocycles. The Kier molecular flexibility index (Phi) is 2.17. The molecular weight excluding hydrogens is 172 g/mol. The van der Waals surface area contributed by atoms with Gasteiger partial charge in [0, 0.05) is 12.2 Å². The van der Waals surface area contributed by atoms with Crippen molar-refractivity contribution >= 4 is 0 Å². The predicted octanol–water partition coefficient (Wildman–Crippen LogP) is 2.98. The van der Waals surface area contributed by atoms with Crippen LogP contribution in [0.25, 0.3) is 0 Å². The number of hydrogen-bond donors (Lipinski definition) is 0. The molecule has 0 amide bonds. The van der Waals surface area contributed by atoms with Crippen LogP contribution in [0.3, 0.4) is 0 Å². The second-order valence-corrected chi connectivity index (χ2v) is 5.54. The largest absolute Gasteiger partial charge is 0.269 e. The van der Waals surface area contributed by atoms with Crippen molar-refractivity contribution in [1.82, 2.24) is 9.78 Å². The van der Waals surface area contributed by atoms with Crippen LogP contribution in [0.5, 0.6) is 0 Å². The molecule has 0 fully saturated rings. The van der Waals surface area contributed by atoms with Gasteiger partial charge >= 0.3 is 0 Å². The van der Waals surface area contributed by atoms with Crippen molar-refractivity contribution in [2.75, 3.05) is 0 Å². The summed E-state index contributed by atoms with van der Waals surface area (Å²) < 4.78 is 2.21. The molecule has 1 aliphatic rings. The zero-order chi connectivity index (χ0) is 10.3. The number of aryl methyl sites for hydroxylation is 1. The lowest BCUT2D eigenvalue weighted by molar-refractivity contribution is 0.234. The van der Waals surface area contributed by atoms with E-state index < -0.39 is 0 Å². The summed E-state index contributed by atoms with van der Waals surface area (Å²) in [7, 11) is 0. The minimum absolute atomic E-state index is 0.424. The Hall–Kier alpha value is -0.790. The molecule has 0 radical (unpaired) electrons. The molecule has 0 saturated carbocycles. The first-order valence-electron chi connectivity index (χ1n) is 5.54. The van der Waals surface area contributed by atoms with Crippen LogP contribution < -0.4 is 0 Å². The minimum atomic E-state index is 0.424. The Morgan fingerprint density at radius 3 is 2.79 bits per heavy atom. The first kappa shape index (κ1) is 9.75. The van der Waals surface area contributed by atoms with Gasteiger partial charge in [-0.05, 0) is 30.2 Å². The number of fused-ring (bicyclic) bond motifs is 1. The van der Waals surface area contributed by atoms with Gasteiger partial charge in [0.2, 0.25) is 0 Å². The maximum Gasteiger partial charge on any atom is 0.0652 e. The number of nitrogens with zero attached hydrogens (tertiary/aromatic N) is 2. The van der Waals surface area contributed by atoms with Gasteiger partial charge in [0.25, 0.3) is 0 Å². The van der Waals surface area contributed by atoms with Crippen LogP contribution in [0.4, 0.5) is 0 Å². The van der Waals surface area contributed by atoms with Crippen molar-refractivity contribution in [1.29, 1.82) is 0 Å². The van der Waals surface area contributed by atoms with Crippen molar-refractivity contribution in [3.63, 3.8) is 0 Å². The summed E-state index contributed by atoms with van der Waals surface area (Å²) in [5, 5.41) is 4.66. The van der Waals surface area contributed by atoms with Crippen molar-refractivity contribution < 1.29 is 0 Å². The predicted molar refractivity (Wildman–Crippen MR) is 58.4 cm³/mol. The fourth-order valence-corrected chi connectivity index (χ4v) is 2.05. The van der Waals surface area contributed by atoms with Crippen molar-refractivity contribution in [3.8, 4) is 0 Å². The van der Waals surface area contributed by atoms with Crippen LogP contribution >= 0.6 is 0 Å². The molecule has 1 aromatic rings. The lowest BCUT2D eigenvalue weighted by atomic mass is 9.84. The van der Waals surface area contributed by atoms with Crippen LogP contribution in [-0.2, 0) is 13.0 Å². The molecule has 0 unspecified atom stereocenters. The smallest absolute Gasteiger partial charge is 0.0652 e. The van der Waals surface area contributed by atoms with Gasteiger partial charge in [-0.15, -0.1) is 0 Å². The third-order valence-electron chi connectivity index (χ3n) is 3.11. The lowest BCUT2D eigenvalue weighted by Gasteiger charge is -2.30. The number of aromatic nitrogens is 2. The Morgan fingerprint density at radius 2 is 2.14 bits per heavy atom. The SMILES string of the molecule is CC(C)c1cc2n(n1)CC(C)(C)CC2. The molecule has 14 heavy (non-hydrogen) atoms. The van der Waals surface area contributed by atoms with Crippen LogP contribution in [0.2, 0.25) is 0 Å². The summed E-state index contributed by atoms with van der Waals surface area (Å²) in [4.78, 5) is 0. The third kappa shape index (κ3) is 1.70. The molecular formula is C12H20N2. The maximum absolute atomic E-state index is 4.66. The summed E-state index contributed by atoms with van der Waals surface area (Å²) in [6.07, 6.45) is 2.48. The van der Waals surface area contributed by atoms with Crippen LogP contribution in [-0.4, -0.2) is 9.78 Å². The van der Waals surface area contributed by atoms with E-state index in [9.17, 15) is 0 Å². The first-order valence-corrected chi connectivity index (χ1v) is 5.54. The second-order valence-electron chi connectivity index (χ2n) is 5.54. The van der Waals surface area contributed by atoms with Crippen molar-refractivity contribution in [2.24, 2.45) is 5.41 Å². The van der Waals surface area contributed by atoms with Gasteiger partial charge in [-0.3, -0.25) is 4.68 Å². The number of hydrogen-bond acceptors (Lipinski definition) is 1. The molecule has 2 heteroatoms. The van der Waals surface area contributed by atoms with E-state index in [-0.39, 0.29) is 0 Å². The molecule has 0 aromatic carbocycles. The Balaban J connectivity index is 2.30. The fraction of sp³-hybridized carbons (Fsp3) is 0.750. The molecule has 1 aliphatic heterocycles. The van der Waals surface area contributed by atoms with Crippen LogP contribution in [0, 0.1) is 5.41 Å². The molecule has 2 heterocycles. The van der Waals surface area contributed by atoms with Gasteiger partial charge in [0.1, 0.15) is 0 Å². The summed E-state index contributed by atoms with van der Waals surface area (Å²) in [6, 6.07) is 2.28. The average molecular weight is 192 g/mol. The second kappa shape index (κ2) is 3.11. The maximum atomic E-state index is 4.66. The summed E-state index contributed by atoms with van der Waals surface area (Å²) in [5.41, 5.74) is 3.10. The van der Waals surface area contributed by atoms with Gasteiger partial charge in [-0.2, -0.15) is 5.10 Å². The Labute approximate surface area is 86.3 Å². The minimum Gasteiger partial charge on any atom is -0.269 e. The topological polar surface area (TPSA) is 17.8 Å². The molecule has 0 N–H and O–H groups in total. The highest BCUT2D eigenvalue weighted by Crippen LogP contribution is 2.31. The Bertz CT molecular complexity index is 334. The fourth-order valence-electron chi connectivity index (χ4n) is 2.05. The third-order valence-corrected chi connectivity index (χ3v) is 3.11. The molecule has 0 bridgehead atoms. The van der Waals surface area contributed by atoms with E-state index in [1.165, 1.54) is 24.2 Å². The molecule has 78 valence electrons. The monoisotopic (exact) mass is 192 g/mol.